The summed E-state index contributed by atoms with van der Waals surface area (Å²) in [5.41, 5.74) is 2.33. The fourth-order valence-electron chi connectivity index (χ4n) is 5.83. The molecule has 9 nitrogen and oxygen atoms in total. The van der Waals surface area contributed by atoms with Gasteiger partial charge in [-0.15, -0.1) is 0 Å². The molecule has 1 saturated carbocycles. The summed E-state index contributed by atoms with van der Waals surface area (Å²) in [5, 5.41) is 7.51. The molecule has 1 aliphatic carbocycles. The van der Waals surface area contributed by atoms with Crippen molar-refractivity contribution >= 4 is 28.6 Å². The Morgan fingerprint density at radius 3 is 2.52 bits per heavy atom. The van der Waals surface area contributed by atoms with Crippen molar-refractivity contribution in [2.24, 2.45) is 17.8 Å². The van der Waals surface area contributed by atoms with Gasteiger partial charge >= 0.3 is 0 Å². The molecule has 220 valence electrons. The Labute approximate surface area is 238 Å². The van der Waals surface area contributed by atoms with Gasteiger partial charge < -0.3 is 29.7 Å². The number of methoxy groups -OCH3 is 1. The standard InChI is InChI=1S/C31H47N5O4/c1-21(2)15-27(31(39)34(3)4)33-29(37)22-16-23(18-32-17-22)30(38)36(25-11-12-25)20-24-19-35(13-8-14-40-5)28-10-7-6-9-26(24)28/h6-7,9-10,19,21-23,25,27,32H,8,11-18,20H2,1-5H3,(H,33,37)/t22-,23+,27?/m0/s1. The maximum absolute atomic E-state index is 13.9. The molecule has 4 rings (SSSR count). The molecule has 1 aliphatic heterocycles. The van der Waals surface area contributed by atoms with Gasteiger partial charge in [0.2, 0.25) is 17.7 Å². The Hall–Kier alpha value is -2.91. The van der Waals surface area contributed by atoms with Gasteiger partial charge in [0, 0.05) is 77.1 Å². The number of benzene rings is 1. The van der Waals surface area contributed by atoms with Crippen molar-refractivity contribution in [3.63, 3.8) is 0 Å². The molecular weight excluding hydrogens is 506 g/mol. The molecule has 40 heavy (non-hydrogen) atoms. The first-order valence-corrected chi connectivity index (χ1v) is 14.8. The van der Waals surface area contributed by atoms with Crippen LogP contribution in [0.15, 0.2) is 30.5 Å². The minimum Gasteiger partial charge on any atom is -0.385 e. The number of nitrogens with zero attached hydrogens (tertiary/aromatic N) is 3. The molecule has 2 heterocycles. The lowest BCUT2D eigenvalue weighted by Crippen LogP contribution is -2.53. The third kappa shape index (κ3) is 7.43. The van der Waals surface area contributed by atoms with Crippen molar-refractivity contribution in [3.05, 3.63) is 36.0 Å². The van der Waals surface area contributed by atoms with Crippen LogP contribution in [0.1, 0.15) is 51.5 Å². The van der Waals surface area contributed by atoms with Gasteiger partial charge in [-0.3, -0.25) is 14.4 Å². The predicted molar refractivity (Wildman–Crippen MR) is 157 cm³/mol. The highest BCUT2D eigenvalue weighted by Gasteiger charge is 2.39. The Morgan fingerprint density at radius 2 is 1.85 bits per heavy atom. The Bertz CT molecular complexity index is 1170. The van der Waals surface area contributed by atoms with E-state index in [1.807, 2.05) is 18.7 Å². The molecule has 9 heteroatoms. The second-order valence-electron chi connectivity index (χ2n) is 12.1. The zero-order chi connectivity index (χ0) is 28.8. The SMILES string of the molecule is COCCCn1cc(CN(C(=O)[C@H]2CNC[C@@H](C(=O)NC(CC(C)C)C(=O)N(C)C)C2)C2CC2)c2ccccc21. The zero-order valence-corrected chi connectivity index (χ0v) is 24.8. The number of nitrogens with one attached hydrogen (secondary N) is 2. The van der Waals surface area contributed by atoms with E-state index in [0.717, 1.165) is 31.4 Å². The Morgan fingerprint density at radius 1 is 1.12 bits per heavy atom. The first-order chi connectivity index (χ1) is 19.2. The largest absolute Gasteiger partial charge is 0.385 e. The maximum Gasteiger partial charge on any atom is 0.244 e. The first kappa shape index (κ1) is 30.1. The number of ether oxygens (including phenoxy) is 1. The van der Waals surface area contributed by atoms with Crippen LogP contribution in [0.3, 0.4) is 0 Å². The molecule has 2 fully saturated rings. The van der Waals surface area contributed by atoms with Gasteiger partial charge in [0.1, 0.15) is 6.04 Å². The van der Waals surface area contributed by atoms with Gasteiger partial charge in [0.15, 0.2) is 0 Å². The lowest BCUT2D eigenvalue weighted by atomic mass is 9.88. The summed E-state index contributed by atoms with van der Waals surface area (Å²) in [5.74, 6) is -0.482. The number of para-hydroxylation sites is 1. The van der Waals surface area contributed by atoms with Crippen LogP contribution in [0, 0.1) is 17.8 Å². The summed E-state index contributed by atoms with van der Waals surface area (Å²) >= 11 is 0. The number of fused-ring (bicyclic) bond motifs is 1. The monoisotopic (exact) mass is 553 g/mol. The van der Waals surface area contributed by atoms with E-state index in [0.29, 0.717) is 39.1 Å². The number of hydrogen-bond acceptors (Lipinski definition) is 5. The van der Waals surface area contributed by atoms with E-state index in [1.165, 1.54) is 15.8 Å². The second-order valence-corrected chi connectivity index (χ2v) is 12.1. The molecule has 2 N–H and O–H groups in total. The average Bonchev–Trinajstić information content (AvgIpc) is 3.73. The molecule has 1 saturated heterocycles. The molecule has 1 unspecified atom stereocenters. The number of aromatic nitrogens is 1. The number of hydrogen-bond donors (Lipinski definition) is 2. The zero-order valence-electron chi connectivity index (χ0n) is 24.8. The number of carbonyl (C=O) groups is 3. The van der Waals surface area contributed by atoms with Gasteiger partial charge in [-0.1, -0.05) is 32.0 Å². The van der Waals surface area contributed by atoms with Crippen molar-refractivity contribution in [1.82, 2.24) is 25.0 Å². The normalized spacial score (nSPS) is 19.9. The molecule has 3 amide bonds. The van der Waals surface area contributed by atoms with E-state index in [2.05, 4.69) is 45.7 Å². The summed E-state index contributed by atoms with van der Waals surface area (Å²) < 4.78 is 7.52. The number of carbonyl (C=O) groups excluding carboxylic acids is 3. The summed E-state index contributed by atoms with van der Waals surface area (Å²) in [6.07, 6.45) is 6.23. The molecule has 0 bridgehead atoms. The van der Waals surface area contributed by atoms with E-state index in [-0.39, 0.29) is 41.5 Å². The van der Waals surface area contributed by atoms with Crippen LogP contribution in [-0.2, 0) is 32.2 Å². The van der Waals surface area contributed by atoms with Gasteiger partial charge in [0.05, 0.1) is 11.8 Å². The highest BCUT2D eigenvalue weighted by atomic mass is 16.5. The van der Waals surface area contributed by atoms with Crippen LogP contribution in [0.2, 0.25) is 0 Å². The first-order valence-electron chi connectivity index (χ1n) is 14.8. The van der Waals surface area contributed by atoms with Gasteiger partial charge in [-0.2, -0.15) is 0 Å². The van der Waals surface area contributed by atoms with Gasteiger partial charge in [0.25, 0.3) is 0 Å². The highest BCUT2D eigenvalue weighted by Crippen LogP contribution is 2.33. The predicted octanol–water partition coefficient (Wildman–Crippen LogP) is 3.01. The highest BCUT2D eigenvalue weighted by molar-refractivity contribution is 5.89. The molecule has 3 atom stereocenters. The third-order valence-electron chi connectivity index (χ3n) is 8.06. The maximum atomic E-state index is 13.9. The number of likely N-dealkylation sites (N-methyl/N-ethyl adjacent to an activating group) is 1. The van der Waals surface area contributed by atoms with Crippen molar-refractivity contribution in [3.8, 4) is 0 Å². The molecule has 1 aromatic heterocycles. The number of piperidine rings is 1. The number of aryl methyl sites for hydroxylation is 1. The average molecular weight is 554 g/mol. The van der Waals surface area contributed by atoms with Crippen molar-refractivity contribution in [2.45, 2.75) is 71.1 Å². The van der Waals surface area contributed by atoms with Crippen molar-refractivity contribution < 1.29 is 19.1 Å². The van der Waals surface area contributed by atoms with E-state index in [4.69, 9.17) is 4.74 Å². The van der Waals surface area contributed by atoms with E-state index >= 15 is 0 Å². The Kier molecular flexibility index (Phi) is 10.2. The van der Waals surface area contributed by atoms with Crippen molar-refractivity contribution in [2.75, 3.05) is 40.9 Å². The Balaban J connectivity index is 1.45. The van der Waals surface area contributed by atoms with Crippen LogP contribution in [0.25, 0.3) is 10.9 Å². The quantitative estimate of drug-likeness (QED) is 0.372. The summed E-state index contributed by atoms with van der Waals surface area (Å²) in [6.45, 7) is 7.31. The topological polar surface area (TPSA) is 95.9 Å². The summed E-state index contributed by atoms with van der Waals surface area (Å²) in [6, 6.07) is 8.08. The number of amides is 3. The molecule has 1 aromatic carbocycles. The van der Waals surface area contributed by atoms with Gasteiger partial charge in [-0.05, 0) is 49.7 Å². The van der Waals surface area contributed by atoms with Crippen LogP contribution in [-0.4, -0.2) is 85.1 Å². The van der Waals surface area contributed by atoms with Gasteiger partial charge in [-0.25, -0.2) is 0 Å². The van der Waals surface area contributed by atoms with E-state index in [9.17, 15) is 14.4 Å². The fourth-order valence-corrected chi connectivity index (χ4v) is 5.83. The number of rotatable bonds is 13. The van der Waals surface area contributed by atoms with E-state index in [1.54, 1.807) is 21.2 Å². The van der Waals surface area contributed by atoms with Crippen LogP contribution < -0.4 is 10.6 Å². The van der Waals surface area contributed by atoms with Crippen LogP contribution in [0.4, 0.5) is 0 Å². The minimum atomic E-state index is -0.553. The van der Waals surface area contributed by atoms with Crippen molar-refractivity contribution in [1.29, 1.82) is 0 Å². The lowest BCUT2D eigenvalue weighted by molar-refractivity contribution is -0.140. The van der Waals surface area contributed by atoms with E-state index < -0.39 is 6.04 Å². The van der Waals surface area contributed by atoms with Crippen LogP contribution >= 0.6 is 0 Å². The molecular formula is C31H47N5O4. The third-order valence-corrected chi connectivity index (χ3v) is 8.06. The summed E-state index contributed by atoms with van der Waals surface area (Å²) in [7, 11) is 5.14. The fraction of sp³-hybridized carbons (Fsp3) is 0.645. The second kappa shape index (κ2) is 13.6. The minimum absolute atomic E-state index is 0.0975. The smallest absolute Gasteiger partial charge is 0.244 e. The molecule has 0 spiro atoms. The molecule has 2 aromatic rings. The molecule has 0 radical (unpaired) electrons. The van der Waals surface area contributed by atoms with Crippen LogP contribution in [0.5, 0.6) is 0 Å². The summed E-state index contributed by atoms with van der Waals surface area (Å²) in [4.78, 5) is 43.5. The lowest BCUT2D eigenvalue weighted by Gasteiger charge is -2.34. The molecule has 2 aliphatic rings.